The van der Waals surface area contributed by atoms with Crippen molar-refractivity contribution in [2.75, 3.05) is 11.5 Å². The molecule has 3 aromatic rings. The van der Waals surface area contributed by atoms with Gasteiger partial charge in [-0.1, -0.05) is 49.0 Å². The van der Waals surface area contributed by atoms with E-state index >= 15 is 17.6 Å². The van der Waals surface area contributed by atoms with Crippen LogP contribution in [0.5, 0.6) is 0 Å². The lowest BCUT2D eigenvalue weighted by Crippen LogP contribution is -2.72. The van der Waals surface area contributed by atoms with Gasteiger partial charge in [0, 0.05) is 12.7 Å². The number of carbonyl (C=O) groups excluding carboxylic acids is 1. The predicted molar refractivity (Wildman–Crippen MR) is 138 cm³/mol. The van der Waals surface area contributed by atoms with Crippen LogP contribution in [0.25, 0.3) is 11.4 Å². The minimum atomic E-state index is -8.50. The van der Waals surface area contributed by atoms with E-state index in [-0.39, 0.29) is 17.9 Å². The minimum Gasteiger partial charge on any atom is -0.462 e. The highest BCUT2D eigenvalue weighted by Gasteiger charge is 2.93. The Balaban J connectivity index is 2.01. The quantitative estimate of drug-likeness (QED) is 0.155. The fourth-order valence-corrected chi connectivity index (χ4v) is 4.90. The average molecular weight is 712 g/mol. The zero-order chi connectivity index (χ0) is 36.5. The van der Waals surface area contributed by atoms with Gasteiger partial charge in [-0.15, -0.1) is 0 Å². The first-order valence-corrected chi connectivity index (χ1v) is 13.2. The largest absolute Gasteiger partial charge is 0.462 e. The molecule has 2 aromatic carbocycles. The van der Waals surface area contributed by atoms with Crippen molar-refractivity contribution in [3.63, 3.8) is 0 Å². The summed E-state index contributed by atoms with van der Waals surface area (Å²) in [6, 6.07) is 12.8. The van der Waals surface area contributed by atoms with Crippen molar-refractivity contribution in [3.8, 4) is 5.69 Å². The molecule has 0 bridgehead atoms. The molecular formula is C29H19F15N2O2. The lowest BCUT2D eigenvalue weighted by molar-refractivity contribution is -0.453. The fourth-order valence-electron chi connectivity index (χ4n) is 4.90. The van der Waals surface area contributed by atoms with E-state index in [1.807, 2.05) is 0 Å². The number of halogens is 15. The van der Waals surface area contributed by atoms with Crippen LogP contribution in [0, 0.1) is 0 Å². The van der Waals surface area contributed by atoms with Crippen molar-refractivity contribution < 1.29 is 75.4 Å². The molecule has 0 N–H and O–H groups in total. The number of hydrogen-bond acceptors (Lipinski definition) is 3. The number of anilines is 1. The molecule has 1 aliphatic rings. The van der Waals surface area contributed by atoms with Crippen molar-refractivity contribution in [1.29, 1.82) is 0 Å². The van der Waals surface area contributed by atoms with E-state index in [1.165, 1.54) is 42.5 Å². The van der Waals surface area contributed by atoms with E-state index in [4.69, 9.17) is 0 Å². The molecule has 0 aliphatic carbocycles. The van der Waals surface area contributed by atoms with Gasteiger partial charge in [0.05, 0.1) is 40.5 Å². The maximum absolute atomic E-state index is 16.0. The number of rotatable bonds is 10. The number of hydrogen-bond donors (Lipinski definition) is 0. The van der Waals surface area contributed by atoms with Crippen LogP contribution in [-0.4, -0.2) is 52.9 Å². The number of para-hydroxylation sites is 2. The van der Waals surface area contributed by atoms with Crippen molar-refractivity contribution in [1.82, 2.24) is 4.57 Å². The molecule has 262 valence electrons. The molecule has 2 heterocycles. The molecule has 19 heteroatoms. The smallest absolute Gasteiger partial charge is 0.460 e. The van der Waals surface area contributed by atoms with Crippen LogP contribution in [0.4, 0.5) is 71.5 Å². The third-order valence-corrected chi connectivity index (χ3v) is 7.36. The van der Waals surface area contributed by atoms with Crippen molar-refractivity contribution in [3.05, 3.63) is 89.8 Å². The second-order valence-corrected chi connectivity index (χ2v) is 10.3. The predicted octanol–water partition coefficient (Wildman–Crippen LogP) is 9.48. The maximum atomic E-state index is 16.0. The Hall–Kier alpha value is -4.32. The third kappa shape index (κ3) is 4.98. The summed E-state index contributed by atoms with van der Waals surface area (Å²) in [7, 11) is 0. The van der Waals surface area contributed by atoms with Crippen molar-refractivity contribution >= 4 is 17.4 Å². The van der Waals surface area contributed by atoms with E-state index in [0.29, 0.717) is 16.3 Å². The molecule has 0 saturated carbocycles. The Bertz CT molecular complexity index is 1710. The van der Waals surface area contributed by atoms with Gasteiger partial charge in [-0.25, -0.2) is 4.79 Å². The Labute approximate surface area is 260 Å². The van der Waals surface area contributed by atoms with Gasteiger partial charge in [0.15, 0.2) is 0 Å². The van der Waals surface area contributed by atoms with Crippen LogP contribution < -0.4 is 4.90 Å². The number of aromatic nitrogens is 1. The van der Waals surface area contributed by atoms with Crippen LogP contribution in [0.2, 0.25) is 0 Å². The lowest BCUT2D eigenvalue weighted by atomic mass is 9.87. The van der Waals surface area contributed by atoms with Gasteiger partial charge in [-0.2, -0.15) is 65.9 Å². The van der Waals surface area contributed by atoms with Gasteiger partial charge in [0.25, 0.3) is 0 Å². The van der Waals surface area contributed by atoms with E-state index in [9.17, 15) is 53.1 Å². The molecule has 0 atom stereocenters. The zero-order valence-corrected chi connectivity index (χ0v) is 23.8. The number of fused-ring (bicyclic) bond motifs is 3. The number of ether oxygens (including phenoxy) is 1. The summed E-state index contributed by atoms with van der Waals surface area (Å²) in [5.41, 5.74) is -6.12. The van der Waals surface area contributed by atoms with Gasteiger partial charge >= 0.3 is 47.7 Å². The summed E-state index contributed by atoms with van der Waals surface area (Å²) in [6.07, 6.45) is -7.39. The van der Waals surface area contributed by atoms with Crippen LogP contribution in [-0.2, 0) is 17.2 Å². The highest BCUT2D eigenvalue weighted by atomic mass is 19.4. The molecule has 1 aromatic heterocycles. The molecule has 0 amide bonds. The summed E-state index contributed by atoms with van der Waals surface area (Å²) in [5, 5.41) is 0. The molecule has 4 rings (SSSR count). The maximum Gasteiger partial charge on any atom is 0.460 e. The van der Waals surface area contributed by atoms with E-state index < -0.39 is 76.8 Å². The highest BCUT2D eigenvalue weighted by molar-refractivity contribution is 5.97. The Morgan fingerprint density at radius 2 is 1.17 bits per heavy atom. The highest BCUT2D eigenvalue weighted by Crippen LogP contribution is 2.64. The fraction of sp³-hybridized carbons (Fsp3) is 0.345. The number of benzene rings is 2. The molecule has 0 unspecified atom stereocenters. The van der Waals surface area contributed by atoms with Crippen molar-refractivity contribution in [2.24, 2.45) is 0 Å². The van der Waals surface area contributed by atoms with Crippen LogP contribution >= 0.6 is 0 Å². The van der Waals surface area contributed by atoms with Gasteiger partial charge in [0.2, 0.25) is 0 Å². The molecule has 0 saturated heterocycles. The SMILES string of the molecule is C=C1c2c(C(F)(F)C(F)(F)C(F)(F)C(F)(F)C(F)(F)C(F)(F)C(F)(F)F)c(C(=O)OCC)cn2-c2ccccc2N1Cc1ccccc1. The second kappa shape index (κ2) is 11.4. The molecule has 4 nitrogen and oxygen atoms in total. The monoisotopic (exact) mass is 712 g/mol. The molecule has 48 heavy (non-hydrogen) atoms. The van der Waals surface area contributed by atoms with Gasteiger partial charge in [-0.3, -0.25) is 0 Å². The average Bonchev–Trinajstić information content (AvgIpc) is 3.41. The zero-order valence-electron chi connectivity index (χ0n) is 23.8. The first kappa shape index (κ1) is 36.5. The van der Waals surface area contributed by atoms with Gasteiger partial charge in [0.1, 0.15) is 0 Å². The third-order valence-electron chi connectivity index (χ3n) is 7.36. The molecular weight excluding hydrogens is 693 g/mol. The molecule has 1 aliphatic heterocycles. The van der Waals surface area contributed by atoms with Crippen LogP contribution in [0.3, 0.4) is 0 Å². The summed E-state index contributed by atoms with van der Waals surface area (Å²) >= 11 is 0. The number of alkyl halides is 15. The molecule has 0 spiro atoms. The number of nitrogens with zero attached hydrogens (tertiary/aromatic N) is 2. The van der Waals surface area contributed by atoms with E-state index in [1.54, 1.807) is 6.07 Å². The standard InChI is InChI=1S/C29H19F15N2O2/c1-3-48-22(47)17-14-46-19-12-8-7-11-18(19)45(13-16-9-5-4-6-10-16)15(2)21(46)20(17)23(30,31)24(32,33)25(34,35)26(36,37)27(38,39)28(40,41)29(42,43)44/h4-12,14H,2-3,13H2,1H3. The van der Waals surface area contributed by atoms with Crippen LogP contribution in [0.15, 0.2) is 67.4 Å². The number of carbonyl (C=O) groups is 1. The summed E-state index contributed by atoms with van der Waals surface area (Å²) in [6.45, 7) is 3.60. The lowest BCUT2D eigenvalue weighted by Gasteiger charge is -2.42. The Morgan fingerprint density at radius 1 is 0.688 bits per heavy atom. The Kier molecular flexibility index (Phi) is 8.67. The topological polar surface area (TPSA) is 34.5 Å². The first-order chi connectivity index (χ1) is 21.8. The van der Waals surface area contributed by atoms with E-state index in [2.05, 4.69) is 11.3 Å². The minimum absolute atomic E-state index is 0.0803. The summed E-state index contributed by atoms with van der Waals surface area (Å²) in [4.78, 5) is 13.8. The van der Waals surface area contributed by atoms with Gasteiger partial charge < -0.3 is 14.2 Å². The van der Waals surface area contributed by atoms with E-state index in [0.717, 1.165) is 17.9 Å². The molecule has 0 fully saturated rings. The van der Waals surface area contributed by atoms with Crippen molar-refractivity contribution in [2.45, 2.75) is 55.2 Å². The first-order valence-electron chi connectivity index (χ1n) is 13.2. The number of esters is 1. The second-order valence-electron chi connectivity index (χ2n) is 10.3. The van der Waals surface area contributed by atoms with Crippen LogP contribution in [0.1, 0.15) is 34.1 Å². The normalized spacial score (nSPS) is 14.9. The summed E-state index contributed by atoms with van der Waals surface area (Å²) < 4.78 is 218. The summed E-state index contributed by atoms with van der Waals surface area (Å²) in [5.74, 6) is -50.2. The molecule has 0 radical (unpaired) electrons. The Morgan fingerprint density at radius 3 is 1.69 bits per heavy atom. The van der Waals surface area contributed by atoms with Gasteiger partial charge in [-0.05, 0) is 24.6 Å².